The van der Waals surface area contributed by atoms with Gasteiger partial charge in [0.1, 0.15) is 12.2 Å². The van der Waals surface area contributed by atoms with Gasteiger partial charge in [-0.1, -0.05) is 258 Å². The molecule has 0 aromatic heterocycles. The van der Waals surface area contributed by atoms with E-state index in [1.54, 1.807) is 0 Å². The molecule has 3 atom stereocenters. The lowest BCUT2D eigenvalue weighted by Gasteiger charge is -2.20. The second kappa shape index (κ2) is 48.9. The summed E-state index contributed by atoms with van der Waals surface area (Å²) in [5.74, 6) is -0.998. The maximum Gasteiger partial charge on any atom is 0.472 e. The number of unbranched alkanes of at least 4 members (excludes halogenated alkanes) is 38. The Morgan fingerprint density at radius 3 is 0.746 bits per heavy atom. The van der Waals surface area contributed by atoms with Crippen molar-refractivity contribution in [3.8, 4) is 0 Å². The molecule has 10 nitrogen and oxygen atoms in total. The average molecular weight is 919 g/mol. The number of phosphoric ester groups is 1. The van der Waals surface area contributed by atoms with Crippen molar-refractivity contribution in [2.45, 2.75) is 296 Å². The first-order valence-corrected chi connectivity index (χ1v) is 28.5. The third-order valence-corrected chi connectivity index (χ3v) is 13.3. The van der Waals surface area contributed by atoms with Crippen molar-refractivity contribution in [2.24, 2.45) is 0 Å². The Bertz CT molecular complexity index is 1010. The first-order valence-electron chi connectivity index (χ1n) is 27.0. The van der Waals surface area contributed by atoms with Gasteiger partial charge in [-0.2, -0.15) is 0 Å². The fourth-order valence-corrected chi connectivity index (χ4v) is 8.96. The van der Waals surface area contributed by atoms with E-state index >= 15 is 0 Å². The lowest BCUT2D eigenvalue weighted by Crippen LogP contribution is -2.28. The van der Waals surface area contributed by atoms with Crippen molar-refractivity contribution in [3.63, 3.8) is 0 Å². The molecule has 0 fully saturated rings. The van der Waals surface area contributed by atoms with E-state index in [0.29, 0.717) is 12.8 Å². The van der Waals surface area contributed by atoms with Gasteiger partial charge in [-0.3, -0.25) is 18.6 Å². The molecule has 3 N–H and O–H groups in total. The molecule has 11 heteroatoms. The van der Waals surface area contributed by atoms with Gasteiger partial charge in [0.25, 0.3) is 0 Å². The molecule has 0 rings (SSSR count). The van der Waals surface area contributed by atoms with Gasteiger partial charge in [0.2, 0.25) is 0 Å². The molecule has 0 aliphatic heterocycles. The molecular weight excluding hydrogens is 816 g/mol. The molecule has 63 heavy (non-hydrogen) atoms. The fourth-order valence-electron chi connectivity index (χ4n) is 8.18. The van der Waals surface area contributed by atoms with Crippen LogP contribution in [0.1, 0.15) is 284 Å². The van der Waals surface area contributed by atoms with Gasteiger partial charge in [0.15, 0.2) is 0 Å². The van der Waals surface area contributed by atoms with Crippen molar-refractivity contribution < 1.29 is 47.8 Å². The summed E-state index contributed by atoms with van der Waals surface area (Å²) in [5, 5.41) is 19.3. The molecule has 0 bridgehead atoms. The summed E-state index contributed by atoms with van der Waals surface area (Å²) in [6.07, 6.45) is 49.4. The van der Waals surface area contributed by atoms with E-state index < -0.39 is 58.4 Å². The van der Waals surface area contributed by atoms with Crippen molar-refractivity contribution in [3.05, 3.63) is 0 Å². The summed E-state index contributed by atoms with van der Waals surface area (Å²) in [7, 11) is -4.64. The molecule has 0 saturated heterocycles. The SMILES string of the molecule is CCCCCCCCCCCCCCCCCCCCCCCC(=O)OC(CO)COP(=O)(O)OCC(CO)OC(=O)CCCCCCCCCCCCCCCCCCCCC. The highest BCUT2D eigenvalue weighted by Crippen LogP contribution is 2.43. The second-order valence-corrected chi connectivity index (χ2v) is 20.0. The van der Waals surface area contributed by atoms with Crippen LogP contribution in [-0.2, 0) is 32.7 Å². The summed E-state index contributed by atoms with van der Waals surface area (Å²) in [4.78, 5) is 34.7. The molecule has 0 aromatic rings. The van der Waals surface area contributed by atoms with E-state index in [1.807, 2.05) is 0 Å². The van der Waals surface area contributed by atoms with Gasteiger partial charge >= 0.3 is 19.8 Å². The highest BCUT2D eigenvalue weighted by atomic mass is 31.2. The van der Waals surface area contributed by atoms with Gasteiger partial charge < -0.3 is 24.6 Å². The number of rotatable bonds is 52. The van der Waals surface area contributed by atoms with E-state index in [-0.39, 0.29) is 12.8 Å². The van der Waals surface area contributed by atoms with Crippen LogP contribution < -0.4 is 0 Å². The fraction of sp³-hybridized carbons (Fsp3) is 0.962. The molecule has 0 radical (unpaired) electrons. The Kier molecular flexibility index (Phi) is 48.1. The van der Waals surface area contributed by atoms with Gasteiger partial charge in [0.05, 0.1) is 26.4 Å². The van der Waals surface area contributed by atoms with Gasteiger partial charge in [-0.25, -0.2) is 4.57 Å². The number of aliphatic hydroxyl groups is 2. The second-order valence-electron chi connectivity index (χ2n) is 18.6. The molecule has 0 aromatic carbocycles. The first kappa shape index (κ1) is 62.0. The minimum atomic E-state index is -4.64. The van der Waals surface area contributed by atoms with Crippen LogP contribution in [0.5, 0.6) is 0 Å². The molecule has 376 valence electrons. The molecule has 0 spiro atoms. The number of aliphatic hydroxyl groups excluding tert-OH is 2. The third kappa shape index (κ3) is 47.3. The Morgan fingerprint density at radius 1 is 0.365 bits per heavy atom. The number of phosphoric acid groups is 1. The molecule has 0 aliphatic rings. The summed E-state index contributed by atoms with van der Waals surface area (Å²) in [6.45, 7) is 2.29. The topological polar surface area (TPSA) is 149 Å². The summed E-state index contributed by atoms with van der Waals surface area (Å²) in [6, 6.07) is 0. The maximum atomic E-state index is 12.4. The van der Waals surface area contributed by atoms with E-state index in [4.69, 9.17) is 18.5 Å². The average Bonchev–Trinajstić information content (AvgIpc) is 3.27. The van der Waals surface area contributed by atoms with E-state index in [0.717, 1.165) is 38.5 Å². The van der Waals surface area contributed by atoms with Crippen LogP contribution in [0.15, 0.2) is 0 Å². The number of carbonyl (C=O) groups excluding carboxylic acids is 2. The zero-order chi connectivity index (χ0) is 46.2. The predicted octanol–water partition coefficient (Wildman–Crippen LogP) is 15.4. The Labute approximate surface area is 388 Å². The number of hydrogen-bond donors (Lipinski definition) is 3. The van der Waals surface area contributed by atoms with Crippen LogP contribution in [0.25, 0.3) is 0 Å². The lowest BCUT2D eigenvalue weighted by molar-refractivity contribution is -0.153. The molecule has 0 heterocycles. The Hall–Kier alpha value is -1.03. The first-order chi connectivity index (χ1) is 30.8. The van der Waals surface area contributed by atoms with Gasteiger partial charge in [-0.15, -0.1) is 0 Å². The van der Waals surface area contributed by atoms with Crippen LogP contribution in [0.3, 0.4) is 0 Å². The normalized spacial score (nSPS) is 13.5. The van der Waals surface area contributed by atoms with Crippen molar-refractivity contribution >= 4 is 19.8 Å². The zero-order valence-corrected chi connectivity index (χ0v) is 42.2. The van der Waals surface area contributed by atoms with Crippen molar-refractivity contribution in [1.29, 1.82) is 0 Å². The van der Waals surface area contributed by atoms with Crippen LogP contribution in [0.2, 0.25) is 0 Å². The molecule has 0 amide bonds. The molecule has 0 aliphatic carbocycles. The zero-order valence-electron chi connectivity index (χ0n) is 41.3. The van der Waals surface area contributed by atoms with Gasteiger partial charge in [0, 0.05) is 12.8 Å². The van der Waals surface area contributed by atoms with E-state index in [9.17, 15) is 29.3 Å². The monoisotopic (exact) mass is 919 g/mol. The largest absolute Gasteiger partial charge is 0.472 e. The Balaban J connectivity index is 3.76. The molecular formula is C52H103O10P. The third-order valence-electron chi connectivity index (χ3n) is 12.3. The van der Waals surface area contributed by atoms with Crippen molar-refractivity contribution in [1.82, 2.24) is 0 Å². The summed E-state index contributed by atoms with van der Waals surface area (Å²) < 4.78 is 32.8. The standard InChI is InChI=1S/C52H103O10P/c1-3-5-7-9-11-13-15-17-19-21-23-24-26-28-30-32-34-36-38-40-42-44-52(56)62-50(46-54)48-60-63(57,58)59-47-49(45-53)61-51(55)43-41-39-37-35-33-31-29-27-25-22-20-18-16-14-12-10-8-6-4-2/h49-50,53-54H,3-48H2,1-2H3,(H,57,58). The van der Waals surface area contributed by atoms with E-state index in [1.165, 1.54) is 205 Å². The highest BCUT2D eigenvalue weighted by Gasteiger charge is 2.27. The maximum absolute atomic E-state index is 12.4. The van der Waals surface area contributed by atoms with Crippen LogP contribution in [-0.4, -0.2) is 65.7 Å². The molecule has 0 saturated carbocycles. The number of esters is 2. The van der Waals surface area contributed by atoms with E-state index in [2.05, 4.69) is 13.8 Å². The molecule has 3 unspecified atom stereocenters. The smallest absolute Gasteiger partial charge is 0.457 e. The number of ether oxygens (including phenoxy) is 2. The summed E-state index contributed by atoms with van der Waals surface area (Å²) in [5.41, 5.74) is 0. The van der Waals surface area contributed by atoms with Crippen molar-refractivity contribution in [2.75, 3.05) is 26.4 Å². The minimum absolute atomic E-state index is 0.200. The van der Waals surface area contributed by atoms with Gasteiger partial charge in [-0.05, 0) is 12.8 Å². The van der Waals surface area contributed by atoms with Crippen LogP contribution in [0, 0.1) is 0 Å². The predicted molar refractivity (Wildman–Crippen MR) is 261 cm³/mol. The minimum Gasteiger partial charge on any atom is -0.457 e. The van der Waals surface area contributed by atoms with Crippen LogP contribution in [0.4, 0.5) is 0 Å². The quantitative estimate of drug-likeness (QED) is 0.0306. The summed E-state index contributed by atoms with van der Waals surface area (Å²) >= 11 is 0. The number of carbonyl (C=O) groups is 2. The number of hydrogen-bond acceptors (Lipinski definition) is 9. The lowest BCUT2D eigenvalue weighted by atomic mass is 10.0. The highest BCUT2D eigenvalue weighted by molar-refractivity contribution is 7.47. The van der Waals surface area contributed by atoms with Crippen LogP contribution >= 0.6 is 7.82 Å². The Morgan fingerprint density at radius 2 is 0.556 bits per heavy atom.